The van der Waals surface area contributed by atoms with Gasteiger partial charge in [-0.3, -0.25) is 19.3 Å². The highest BCUT2D eigenvalue weighted by atomic mass is 16.5. The van der Waals surface area contributed by atoms with Gasteiger partial charge in [-0.15, -0.1) is 0 Å². The molecular weight excluding hydrogens is 406 g/mol. The summed E-state index contributed by atoms with van der Waals surface area (Å²) in [4.78, 5) is 32.2. The van der Waals surface area contributed by atoms with Gasteiger partial charge in [0, 0.05) is 42.4 Å². The number of carbonyl (C=O) groups excluding carboxylic acids is 1. The maximum absolute atomic E-state index is 12.6. The van der Waals surface area contributed by atoms with Crippen LogP contribution in [0.5, 0.6) is 5.75 Å². The summed E-state index contributed by atoms with van der Waals surface area (Å²) < 4.78 is 7.43. The molecule has 4 aromatic rings. The lowest BCUT2D eigenvalue weighted by Crippen LogP contribution is -2.19. The van der Waals surface area contributed by atoms with Crippen LogP contribution < -0.4 is 15.6 Å². The van der Waals surface area contributed by atoms with Gasteiger partial charge in [-0.25, -0.2) is 0 Å². The third-order valence-electron chi connectivity index (χ3n) is 5.39. The molecule has 0 radical (unpaired) electrons. The maximum atomic E-state index is 12.6. The van der Waals surface area contributed by atoms with Crippen LogP contribution in [-0.4, -0.2) is 25.7 Å². The summed E-state index contributed by atoms with van der Waals surface area (Å²) in [6.45, 7) is 4.16. The molecule has 0 fully saturated rings. The standard InChI is InChI=1S/C24H25N5O3/c1-15-20(24(31)27-23-22(15)16(2)28-29(23)3)10-11-21(30)26-17-8-6-9-19(13-17)32-14-18-7-4-5-12-25-18/h4-9,12-13H,10-11,14H2,1-3H3,(H,26,30)(H,27,31). The Balaban J connectivity index is 1.40. The monoisotopic (exact) mass is 431 g/mol. The van der Waals surface area contributed by atoms with E-state index in [0.717, 1.165) is 22.3 Å². The highest BCUT2D eigenvalue weighted by Gasteiger charge is 2.16. The molecule has 4 rings (SSSR count). The molecule has 0 atom stereocenters. The Bertz CT molecular complexity index is 1320. The second-order valence-electron chi connectivity index (χ2n) is 7.68. The fraction of sp³-hybridized carbons (Fsp3) is 0.250. The Morgan fingerprint density at radius 3 is 2.81 bits per heavy atom. The topological polar surface area (TPSA) is 102 Å². The van der Waals surface area contributed by atoms with Crippen molar-refractivity contribution in [3.8, 4) is 5.75 Å². The zero-order chi connectivity index (χ0) is 22.7. The number of aromatic amines is 1. The van der Waals surface area contributed by atoms with Gasteiger partial charge in [0.1, 0.15) is 18.0 Å². The van der Waals surface area contributed by atoms with Crippen LogP contribution in [0.4, 0.5) is 5.69 Å². The second kappa shape index (κ2) is 9.05. The fourth-order valence-electron chi connectivity index (χ4n) is 3.82. The number of rotatable bonds is 7. The molecule has 0 saturated heterocycles. The van der Waals surface area contributed by atoms with E-state index in [0.29, 0.717) is 35.7 Å². The van der Waals surface area contributed by atoms with Crippen LogP contribution >= 0.6 is 0 Å². The number of benzene rings is 1. The third-order valence-corrected chi connectivity index (χ3v) is 5.39. The Kier molecular flexibility index (Phi) is 6.02. The minimum atomic E-state index is -0.185. The van der Waals surface area contributed by atoms with Crippen LogP contribution in [0.25, 0.3) is 11.0 Å². The van der Waals surface area contributed by atoms with Crippen molar-refractivity contribution >= 4 is 22.6 Å². The van der Waals surface area contributed by atoms with Gasteiger partial charge in [0.05, 0.1) is 11.4 Å². The summed E-state index contributed by atoms with van der Waals surface area (Å²) >= 11 is 0. The number of aryl methyl sites for hydroxylation is 3. The average molecular weight is 431 g/mol. The van der Waals surface area contributed by atoms with E-state index in [2.05, 4.69) is 20.4 Å². The molecule has 0 spiro atoms. The molecule has 0 aliphatic rings. The lowest BCUT2D eigenvalue weighted by atomic mass is 10.0. The van der Waals surface area contributed by atoms with Crippen LogP contribution in [0.3, 0.4) is 0 Å². The minimum absolute atomic E-state index is 0.173. The number of nitrogens with one attached hydrogen (secondary N) is 2. The number of hydrogen-bond donors (Lipinski definition) is 2. The van der Waals surface area contributed by atoms with E-state index in [9.17, 15) is 9.59 Å². The summed E-state index contributed by atoms with van der Waals surface area (Å²) in [7, 11) is 1.80. The first kappa shape index (κ1) is 21.3. The highest BCUT2D eigenvalue weighted by Crippen LogP contribution is 2.22. The number of hydrogen-bond acceptors (Lipinski definition) is 5. The minimum Gasteiger partial charge on any atom is -0.487 e. The smallest absolute Gasteiger partial charge is 0.253 e. The van der Waals surface area contributed by atoms with E-state index < -0.39 is 0 Å². The lowest BCUT2D eigenvalue weighted by Gasteiger charge is -2.10. The van der Waals surface area contributed by atoms with Gasteiger partial charge < -0.3 is 15.0 Å². The molecule has 3 heterocycles. The number of nitrogens with zero attached hydrogens (tertiary/aromatic N) is 3. The van der Waals surface area contributed by atoms with Gasteiger partial charge in [-0.05, 0) is 50.1 Å². The molecule has 0 saturated carbocycles. The number of pyridine rings is 2. The van der Waals surface area contributed by atoms with Crippen molar-refractivity contribution in [2.24, 2.45) is 7.05 Å². The number of fused-ring (bicyclic) bond motifs is 1. The molecule has 0 aliphatic heterocycles. The lowest BCUT2D eigenvalue weighted by molar-refractivity contribution is -0.116. The Morgan fingerprint density at radius 2 is 2.03 bits per heavy atom. The predicted molar refractivity (Wildman–Crippen MR) is 123 cm³/mol. The first-order valence-corrected chi connectivity index (χ1v) is 10.4. The average Bonchev–Trinajstić information content (AvgIpc) is 3.06. The summed E-state index contributed by atoms with van der Waals surface area (Å²) in [6.07, 6.45) is 2.25. The molecule has 32 heavy (non-hydrogen) atoms. The Labute approximate surface area is 185 Å². The normalized spacial score (nSPS) is 11.0. The first-order chi connectivity index (χ1) is 15.4. The fourth-order valence-corrected chi connectivity index (χ4v) is 3.82. The van der Waals surface area contributed by atoms with Gasteiger partial charge in [0.25, 0.3) is 5.56 Å². The number of carbonyl (C=O) groups is 1. The van der Waals surface area contributed by atoms with Crippen LogP contribution in [0.15, 0.2) is 53.5 Å². The van der Waals surface area contributed by atoms with Crippen molar-refractivity contribution in [2.75, 3.05) is 5.32 Å². The van der Waals surface area contributed by atoms with Crippen molar-refractivity contribution in [3.63, 3.8) is 0 Å². The highest BCUT2D eigenvalue weighted by molar-refractivity contribution is 5.91. The molecule has 0 bridgehead atoms. The van der Waals surface area contributed by atoms with Gasteiger partial charge in [0.15, 0.2) is 0 Å². The molecule has 1 aromatic carbocycles. The maximum Gasteiger partial charge on any atom is 0.253 e. The van der Waals surface area contributed by atoms with Crippen LogP contribution in [0.1, 0.15) is 28.9 Å². The zero-order valence-electron chi connectivity index (χ0n) is 18.3. The summed E-state index contributed by atoms with van der Waals surface area (Å²) in [5, 5.41) is 8.19. The molecule has 0 aliphatic carbocycles. The number of aromatic nitrogens is 4. The van der Waals surface area contributed by atoms with Crippen molar-refractivity contribution in [3.05, 3.63) is 81.5 Å². The van der Waals surface area contributed by atoms with E-state index in [4.69, 9.17) is 4.74 Å². The molecule has 3 aromatic heterocycles. The van der Waals surface area contributed by atoms with Gasteiger partial charge in [-0.2, -0.15) is 5.10 Å². The van der Waals surface area contributed by atoms with Gasteiger partial charge in [-0.1, -0.05) is 12.1 Å². The van der Waals surface area contributed by atoms with Crippen molar-refractivity contribution in [1.29, 1.82) is 0 Å². The quantitative estimate of drug-likeness (QED) is 0.467. The van der Waals surface area contributed by atoms with Gasteiger partial charge >= 0.3 is 0 Å². The molecule has 8 heteroatoms. The molecule has 2 N–H and O–H groups in total. The number of ether oxygens (including phenoxy) is 1. The van der Waals surface area contributed by atoms with Crippen LogP contribution in [0, 0.1) is 13.8 Å². The van der Waals surface area contributed by atoms with E-state index >= 15 is 0 Å². The summed E-state index contributed by atoms with van der Waals surface area (Å²) in [5.41, 5.74) is 4.30. The van der Waals surface area contributed by atoms with Crippen LogP contribution in [0.2, 0.25) is 0 Å². The number of H-pyrrole nitrogens is 1. The number of amides is 1. The third kappa shape index (κ3) is 4.54. The summed E-state index contributed by atoms with van der Waals surface area (Å²) in [5.74, 6) is 0.465. The van der Waals surface area contributed by atoms with E-state index in [-0.39, 0.29) is 17.9 Å². The van der Waals surface area contributed by atoms with Crippen molar-refractivity contribution in [2.45, 2.75) is 33.3 Å². The van der Waals surface area contributed by atoms with E-state index in [1.54, 1.807) is 30.1 Å². The molecule has 164 valence electrons. The zero-order valence-corrected chi connectivity index (χ0v) is 18.3. The molecular formula is C24H25N5O3. The first-order valence-electron chi connectivity index (χ1n) is 10.4. The van der Waals surface area contributed by atoms with Gasteiger partial charge in [0.2, 0.25) is 5.91 Å². The van der Waals surface area contributed by atoms with Crippen molar-refractivity contribution < 1.29 is 9.53 Å². The Morgan fingerprint density at radius 1 is 1.19 bits per heavy atom. The van der Waals surface area contributed by atoms with E-state index in [1.807, 2.05) is 44.2 Å². The SMILES string of the molecule is Cc1nn(C)c2[nH]c(=O)c(CCC(=O)Nc3cccc(OCc4ccccn4)c3)c(C)c12. The largest absolute Gasteiger partial charge is 0.487 e. The molecule has 1 amide bonds. The van der Waals surface area contributed by atoms with Crippen LogP contribution in [-0.2, 0) is 24.9 Å². The second-order valence-corrected chi connectivity index (χ2v) is 7.68. The summed E-state index contributed by atoms with van der Waals surface area (Å²) in [6, 6.07) is 12.9. The van der Waals surface area contributed by atoms with E-state index in [1.165, 1.54) is 0 Å². The Hall–Kier alpha value is -3.94. The van der Waals surface area contributed by atoms with Crippen molar-refractivity contribution in [1.82, 2.24) is 19.7 Å². The number of anilines is 1. The molecule has 8 nitrogen and oxygen atoms in total. The predicted octanol–water partition coefficient (Wildman–Crippen LogP) is 3.42. The molecule has 0 unspecified atom stereocenters.